The normalized spacial score (nSPS) is 19.1. The van der Waals surface area contributed by atoms with E-state index in [1.54, 1.807) is 29.6 Å². The topological polar surface area (TPSA) is 130 Å². The molecule has 1 atom stereocenters. The van der Waals surface area contributed by atoms with Crippen LogP contribution < -0.4 is 14.8 Å². The number of nitrogens with zero attached hydrogens (tertiary/aromatic N) is 9. The first-order valence-electron chi connectivity index (χ1n) is 16.4. The van der Waals surface area contributed by atoms with Crippen LogP contribution >= 0.6 is 11.6 Å². The highest BCUT2D eigenvalue weighted by Gasteiger charge is 2.29. The van der Waals surface area contributed by atoms with Gasteiger partial charge in [-0.3, -0.25) is 14.6 Å². The summed E-state index contributed by atoms with van der Waals surface area (Å²) in [6, 6.07) is 12.3. The molecule has 0 radical (unpaired) electrons. The molecule has 13 nitrogen and oxygen atoms in total. The van der Waals surface area contributed by atoms with Gasteiger partial charge in [0.15, 0.2) is 0 Å². The van der Waals surface area contributed by atoms with E-state index in [4.69, 9.17) is 30.9 Å². The first-order chi connectivity index (χ1) is 23.6. The maximum absolute atomic E-state index is 6.47. The lowest BCUT2D eigenvalue weighted by Gasteiger charge is -2.38. The molecule has 0 bridgehead atoms. The molecule has 1 N–H and O–H groups in total. The van der Waals surface area contributed by atoms with Crippen LogP contribution in [0.4, 0.5) is 11.6 Å². The molecule has 5 heterocycles. The van der Waals surface area contributed by atoms with Crippen LogP contribution in [0.1, 0.15) is 44.3 Å². The van der Waals surface area contributed by atoms with Crippen LogP contribution in [0.5, 0.6) is 11.6 Å². The predicted octanol–water partition coefficient (Wildman–Crippen LogP) is 5.59. The number of halogens is 1. The number of pyridine rings is 1. The minimum absolute atomic E-state index is 0.169. The van der Waals surface area contributed by atoms with Gasteiger partial charge in [-0.15, -0.1) is 5.10 Å². The van der Waals surface area contributed by atoms with E-state index in [1.807, 2.05) is 54.2 Å². The van der Waals surface area contributed by atoms with E-state index < -0.39 is 0 Å². The molecular formula is C34H39ClN10O3. The Morgan fingerprint density at radius 2 is 1.81 bits per heavy atom. The number of ether oxygens (including phenoxy) is 3. The zero-order valence-electron chi connectivity index (χ0n) is 26.9. The van der Waals surface area contributed by atoms with Crippen molar-refractivity contribution in [2.75, 3.05) is 31.6 Å². The van der Waals surface area contributed by atoms with Gasteiger partial charge in [0.05, 0.1) is 42.7 Å². The van der Waals surface area contributed by atoms with Crippen molar-refractivity contribution >= 4 is 23.2 Å². The van der Waals surface area contributed by atoms with Crippen molar-refractivity contribution in [1.82, 2.24) is 44.4 Å². The van der Waals surface area contributed by atoms with Gasteiger partial charge in [-0.25, -0.2) is 19.6 Å². The van der Waals surface area contributed by atoms with Crippen molar-refractivity contribution in [2.24, 2.45) is 0 Å². The molecular weight excluding hydrogens is 632 g/mol. The fraction of sp³-hybridized carbons (Fsp3) is 0.412. The predicted molar refractivity (Wildman–Crippen MR) is 180 cm³/mol. The van der Waals surface area contributed by atoms with Crippen LogP contribution in [0, 0.1) is 0 Å². The van der Waals surface area contributed by atoms with Crippen LogP contribution in [-0.4, -0.2) is 82.8 Å². The molecule has 4 aromatic heterocycles. The molecule has 0 spiro atoms. The highest BCUT2D eigenvalue weighted by Crippen LogP contribution is 2.35. The number of benzene rings is 1. The van der Waals surface area contributed by atoms with Gasteiger partial charge < -0.3 is 19.5 Å². The number of aromatic nitrogens is 8. The standard InChI is InChI=1S/C34H39ClN10O3/c1-24(19-44-23-36-22-40-44)48-32-16-25(5-10-30(32)35)26-17-38-34(39-18-26)41-31-20-45(42-33(31)47-21-27-4-2-3-11-37-27)29-8-6-28(7-9-29)43-12-14-46-15-13-43/h2-5,10-11,16-18,20,22-24,28-29H,6-9,12-15,19,21H2,1H3,(H,38,39,41)/t24-,28-,29-/m0/s1. The van der Waals surface area contributed by atoms with Gasteiger partial charge in [0, 0.05) is 43.3 Å². The number of hydrogen-bond donors (Lipinski definition) is 1. The zero-order chi connectivity index (χ0) is 32.7. The van der Waals surface area contributed by atoms with Crippen LogP contribution in [0.15, 0.2) is 73.8 Å². The molecule has 2 fully saturated rings. The molecule has 250 valence electrons. The molecule has 1 aliphatic carbocycles. The molecule has 0 unspecified atom stereocenters. The lowest BCUT2D eigenvalue weighted by Crippen LogP contribution is -2.45. The summed E-state index contributed by atoms with van der Waals surface area (Å²) in [7, 11) is 0. The Morgan fingerprint density at radius 1 is 1.00 bits per heavy atom. The summed E-state index contributed by atoms with van der Waals surface area (Å²) in [5.41, 5.74) is 3.24. The van der Waals surface area contributed by atoms with E-state index in [2.05, 4.69) is 35.3 Å². The second-order valence-corrected chi connectivity index (χ2v) is 12.6. The Morgan fingerprint density at radius 3 is 2.56 bits per heavy atom. The Kier molecular flexibility index (Phi) is 10.1. The van der Waals surface area contributed by atoms with Gasteiger partial charge in [0.2, 0.25) is 5.95 Å². The van der Waals surface area contributed by atoms with E-state index >= 15 is 0 Å². The van der Waals surface area contributed by atoms with Crippen molar-refractivity contribution in [3.05, 3.63) is 84.6 Å². The summed E-state index contributed by atoms with van der Waals surface area (Å²) in [5.74, 6) is 1.50. The number of morpholine rings is 1. The van der Waals surface area contributed by atoms with Crippen LogP contribution in [-0.2, 0) is 17.9 Å². The molecule has 48 heavy (non-hydrogen) atoms. The fourth-order valence-corrected chi connectivity index (χ4v) is 6.45. The third-order valence-electron chi connectivity index (χ3n) is 8.79. The van der Waals surface area contributed by atoms with Crippen LogP contribution in [0.3, 0.4) is 0 Å². The van der Waals surface area contributed by atoms with Crippen molar-refractivity contribution in [1.29, 1.82) is 0 Å². The van der Waals surface area contributed by atoms with Crippen molar-refractivity contribution in [2.45, 2.75) is 63.9 Å². The Hall–Kier alpha value is -4.59. The molecule has 1 aliphatic heterocycles. The molecule has 5 aromatic rings. The van der Waals surface area contributed by atoms with E-state index in [1.165, 1.54) is 6.33 Å². The summed E-state index contributed by atoms with van der Waals surface area (Å²) in [6.07, 6.45) is 14.7. The Bertz CT molecular complexity index is 1740. The summed E-state index contributed by atoms with van der Waals surface area (Å²) in [5, 5.41) is 12.9. The third kappa shape index (κ3) is 7.92. The van der Waals surface area contributed by atoms with E-state index in [-0.39, 0.29) is 6.10 Å². The van der Waals surface area contributed by atoms with Crippen LogP contribution in [0.2, 0.25) is 5.02 Å². The lowest BCUT2D eigenvalue weighted by atomic mass is 9.90. The van der Waals surface area contributed by atoms with Gasteiger partial charge in [-0.05, 0) is 62.4 Å². The maximum atomic E-state index is 6.47. The second kappa shape index (κ2) is 15.1. The van der Waals surface area contributed by atoms with Gasteiger partial charge in [-0.1, -0.05) is 23.7 Å². The Labute approximate surface area is 284 Å². The van der Waals surface area contributed by atoms with E-state index in [9.17, 15) is 0 Å². The van der Waals surface area contributed by atoms with Gasteiger partial charge in [0.25, 0.3) is 5.88 Å². The third-order valence-corrected chi connectivity index (χ3v) is 9.10. The molecule has 14 heteroatoms. The quantitative estimate of drug-likeness (QED) is 0.178. The molecule has 1 saturated heterocycles. The Balaban J connectivity index is 1.04. The lowest BCUT2D eigenvalue weighted by molar-refractivity contribution is 0.00502. The monoisotopic (exact) mass is 670 g/mol. The SMILES string of the molecule is C[C@@H](Cn1cncn1)Oc1cc(-c2cnc(Nc3cn([C@H]4CC[C@H](N5CCOCC5)CC4)nc3OCc3ccccn3)nc2)ccc1Cl. The highest BCUT2D eigenvalue weighted by molar-refractivity contribution is 6.32. The first kappa shape index (κ1) is 32.0. The smallest absolute Gasteiger partial charge is 0.257 e. The van der Waals surface area contributed by atoms with E-state index in [0.717, 1.165) is 68.8 Å². The van der Waals surface area contributed by atoms with Crippen molar-refractivity contribution < 1.29 is 14.2 Å². The largest absolute Gasteiger partial charge is 0.487 e. The number of nitrogens with one attached hydrogen (secondary N) is 1. The van der Waals surface area contributed by atoms with Gasteiger partial charge in [0.1, 0.15) is 36.8 Å². The molecule has 0 amide bonds. The summed E-state index contributed by atoms with van der Waals surface area (Å²) >= 11 is 6.47. The average Bonchev–Trinajstić information content (AvgIpc) is 3.79. The molecule has 1 aromatic carbocycles. The zero-order valence-corrected chi connectivity index (χ0v) is 27.6. The summed E-state index contributed by atoms with van der Waals surface area (Å²) in [6.45, 7) is 6.50. The van der Waals surface area contributed by atoms with Crippen LogP contribution in [0.25, 0.3) is 11.1 Å². The molecule has 7 rings (SSSR count). The van der Waals surface area contributed by atoms with Crippen molar-refractivity contribution in [3.63, 3.8) is 0 Å². The highest BCUT2D eigenvalue weighted by atomic mass is 35.5. The molecule has 1 saturated carbocycles. The second-order valence-electron chi connectivity index (χ2n) is 12.2. The first-order valence-corrected chi connectivity index (χ1v) is 16.8. The minimum Gasteiger partial charge on any atom is -0.487 e. The number of hydrogen-bond acceptors (Lipinski definition) is 11. The molecule has 2 aliphatic rings. The average molecular weight is 671 g/mol. The number of rotatable bonds is 12. The number of anilines is 2. The maximum Gasteiger partial charge on any atom is 0.257 e. The van der Waals surface area contributed by atoms with E-state index in [0.29, 0.717) is 53.5 Å². The summed E-state index contributed by atoms with van der Waals surface area (Å²) in [4.78, 5) is 20.2. The van der Waals surface area contributed by atoms with Crippen molar-refractivity contribution in [3.8, 4) is 22.8 Å². The van der Waals surface area contributed by atoms with Gasteiger partial charge >= 0.3 is 0 Å². The minimum atomic E-state index is -0.169. The summed E-state index contributed by atoms with van der Waals surface area (Å²) < 4.78 is 21.6. The fourth-order valence-electron chi connectivity index (χ4n) is 6.29. The van der Waals surface area contributed by atoms with Gasteiger partial charge in [-0.2, -0.15) is 5.10 Å².